The Morgan fingerprint density at radius 2 is 2.15 bits per heavy atom. The van der Waals surface area contributed by atoms with Crippen LogP contribution in [0.25, 0.3) is 0 Å². The predicted molar refractivity (Wildman–Crippen MR) is 79.9 cm³/mol. The van der Waals surface area contributed by atoms with Crippen LogP contribution in [-0.2, 0) is 13.1 Å². The Labute approximate surface area is 119 Å². The van der Waals surface area contributed by atoms with Crippen LogP contribution in [0, 0.1) is 0 Å². The number of fused-ring (bicyclic) bond motifs is 1. The van der Waals surface area contributed by atoms with Crippen molar-refractivity contribution in [3.63, 3.8) is 0 Å². The molecule has 0 fully saturated rings. The lowest BCUT2D eigenvalue weighted by Gasteiger charge is -2.30. The molecular weight excluding hydrogens is 252 g/mol. The van der Waals surface area contributed by atoms with Crippen molar-refractivity contribution in [1.82, 2.24) is 9.55 Å². The lowest BCUT2D eigenvalue weighted by Crippen LogP contribution is -2.33. The van der Waals surface area contributed by atoms with Crippen molar-refractivity contribution in [1.29, 1.82) is 0 Å². The molecule has 1 aliphatic heterocycles. The van der Waals surface area contributed by atoms with Gasteiger partial charge in [-0.2, -0.15) is 0 Å². The van der Waals surface area contributed by atoms with Gasteiger partial charge in [0.2, 0.25) is 0 Å². The summed E-state index contributed by atoms with van der Waals surface area (Å²) in [6.45, 7) is 6.75. The number of imidazole rings is 1. The van der Waals surface area contributed by atoms with Crippen LogP contribution < -0.4 is 15.4 Å². The summed E-state index contributed by atoms with van der Waals surface area (Å²) in [5.74, 6) is 1.85. The van der Waals surface area contributed by atoms with Gasteiger partial charge >= 0.3 is 0 Å². The van der Waals surface area contributed by atoms with Gasteiger partial charge in [-0.25, -0.2) is 4.98 Å². The molecule has 0 saturated heterocycles. The molecular formula is C15H20N4O. The first-order valence-corrected chi connectivity index (χ1v) is 6.94. The molecule has 1 aliphatic rings. The number of benzene rings is 1. The van der Waals surface area contributed by atoms with Crippen LogP contribution >= 0.6 is 0 Å². The standard InChI is InChI=1S/C15H20N4O/c1-11(2)20-14-9-12(3-4-13(14)16)19-8-7-18-6-5-17-15(18)10-19/h3-6,9,11H,7-8,10,16H2,1-2H3. The number of nitrogens with zero attached hydrogens (tertiary/aromatic N) is 3. The molecule has 0 saturated carbocycles. The van der Waals surface area contributed by atoms with E-state index in [4.69, 9.17) is 10.5 Å². The maximum Gasteiger partial charge on any atom is 0.144 e. The van der Waals surface area contributed by atoms with Gasteiger partial charge in [0.1, 0.15) is 11.6 Å². The van der Waals surface area contributed by atoms with E-state index in [9.17, 15) is 0 Å². The van der Waals surface area contributed by atoms with Gasteiger partial charge in [-0.15, -0.1) is 0 Å². The Morgan fingerprint density at radius 1 is 1.30 bits per heavy atom. The Kier molecular flexibility index (Phi) is 3.26. The summed E-state index contributed by atoms with van der Waals surface area (Å²) >= 11 is 0. The number of hydrogen-bond donors (Lipinski definition) is 1. The van der Waals surface area contributed by atoms with E-state index < -0.39 is 0 Å². The highest BCUT2D eigenvalue weighted by Gasteiger charge is 2.18. The van der Waals surface area contributed by atoms with Gasteiger partial charge in [-0.05, 0) is 26.0 Å². The zero-order valence-electron chi connectivity index (χ0n) is 11.9. The molecule has 2 aromatic rings. The highest BCUT2D eigenvalue weighted by Crippen LogP contribution is 2.30. The number of hydrogen-bond acceptors (Lipinski definition) is 4. The number of aromatic nitrogens is 2. The molecule has 106 valence electrons. The summed E-state index contributed by atoms with van der Waals surface area (Å²) in [4.78, 5) is 6.69. The quantitative estimate of drug-likeness (QED) is 0.871. The fourth-order valence-corrected chi connectivity index (χ4v) is 2.47. The van der Waals surface area contributed by atoms with Gasteiger partial charge in [0, 0.05) is 37.2 Å². The maximum atomic E-state index is 5.97. The zero-order chi connectivity index (χ0) is 14.1. The van der Waals surface area contributed by atoms with Gasteiger partial charge in [-0.1, -0.05) is 0 Å². The van der Waals surface area contributed by atoms with E-state index in [-0.39, 0.29) is 6.10 Å². The summed E-state index contributed by atoms with van der Waals surface area (Å²) in [7, 11) is 0. The van der Waals surface area contributed by atoms with E-state index in [0.29, 0.717) is 5.69 Å². The van der Waals surface area contributed by atoms with Crippen molar-refractivity contribution in [3.8, 4) is 5.75 Å². The molecule has 0 aliphatic carbocycles. The molecule has 0 bridgehead atoms. The smallest absolute Gasteiger partial charge is 0.144 e. The lowest BCUT2D eigenvalue weighted by atomic mass is 10.2. The molecule has 0 amide bonds. The summed E-state index contributed by atoms with van der Waals surface area (Å²) in [5.41, 5.74) is 7.78. The van der Waals surface area contributed by atoms with Crippen LogP contribution in [0.1, 0.15) is 19.7 Å². The largest absolute Gasteiger partial charge is 0.489 e. The van der Waals surface area contributed by atoms with Crippen LogP contribution in [-0.4, -0.2) is 22.2 Å². The lowest BCUT2D eigenvalue weighted by molar-refractivity contribution is 0.244. The Balaban J connectivity index is 1.84. The number of nitrogens with two attached hydrogens (primary N) is 1. The van der Waals surface area contributed by atoms with Gasteiger partial charge in [0.05, 0.1) is 18.3 Å². The minimum absolute atomic E-state index is 0.118. The van der Waals surface area contributed by atoms with Crippen molar-refractivity contribution >= 4 is 11.4 Å². The topological polar surface area (TPSA) is 56.3 Å². The fraction of sp³-hybridized carbons (Fsp3) is 0.400. The zero-order valence-corrected chi connectivity index (χ0v) is 11.9. The molecule has 0 unspecified atom stereocenters. The molecule has 5 heteroatoms. The third-order valence-corrected chi connectivity index (χ3v) is 3.47. The van der Waals surface area contributed by atoms with Gasteiger partial charge in [-0.3, -0.25) is 0 Å². The normalized spacial score (nSPS) is 14.4. The number of ether oxygens (including phenoxy) is 1. The Hall–Kier alpha value is -2.17. The van der Waals surface area contributed by atoms with Gasteiger partial charge in [0.25, 0.3) is 0 Å². The van der Waals surface area contributed by atoms with E-state index >= 15 is 0 Å². The van der Waals surface area contributed by atoms with Crippen molar-refractivity contribution in [2.45, 2.75) is 33.0 Å². The van der Waals surface area contributed by atoms with Crippen molar-refractivity contribution < 1.29 is 4.74 Å². The predicted octanol–water partition coefficient (Wildman–Crippen LogP) is 2.27. The number of anilines is 2. The molecule has 3 rings (SSSR count). The first-order valence-electron chi connectivity index (χ1n) is 6.94. The molecule has 2 heterocycles. The van der Waals surface area contributed by atoms with E-state index in [0.717, 1.165) is 36.9 Å². The Bertz CT molecular complexity index is 606. The van der Waals surface area contributed by atoms with Gasteiger partial charge < -0.3 is 19.9 Å². The molecule has 1 aromatic carbocycles. The molecule has 0 radical (unpaired) electrons. The molecule has 5 nitrogen and oxygen atoms in total. The monoisotopic (exact) mass is 272 g/mol. The van der Waals surface area contributed by atoms with Crippen molar-refractivity contribution in [3.05, 3.63) is 36.4 Å². The first-order chi connectivity index (χ1) is 9.63. The second-order valence-electron chi connectivity index (χ2n) is 5.35. The third-order valence-electron chi connectivity index (χ3n) is 3.47. The van der Waals surface area contributed by atoms with Crippen LogP contribution in [0.4, 0.5) is 11.4 Å². The summed E-state index contributed by atoms with van der Waals surface area (Å²) < 4.78 is 7.95. The van der Waals surface area contributed by atoms with E-state index in [1.807, 2.05) is 44.4 Å². The number of nitrogen functional groups attached to an aromatic ring is 1. The second kappa shape index (κ2) is 5.07. The summed E-state index contributed by atoms with van der Waals surface area (Å²) in [6.07, 6.45) is 4.01. The highest BCUT2D eigenvalue weighted by atomic mass is 16.5. The number of rotatable bonds is 3. The highest BCUT2D eigenvalue weighted by molar-refractivity contribution is 5.62. The Morgan fingerprint density at radius 3 is 2.95 bits per heavy atom. The SMILES string of the molecule is CC(C)Oc1cc(N2CCn3ccnc3C2)ccc1N. The molecule has 2 N–H and O–H groups in total. The third kappa shape index (κ3) is 2.43. The minimum Gasteiger partial charge on any atom is -0.489 e. The van der Waals surface area contributed by atoms with E-state index in [1.165, 1.54) is 0 Å². The van der Waals surface area contributed by atoms with Crippen molar-refractivity contribution in [2.75, 3.05) is 17.2 Å². The molecule has 20 heavy (non-hydrogen) atoms. The van der Waals surface area contributed by atoms with Crippen LogP contribution in [0.2, 0.25) is 0 Å². The second-order valence-corrected chi connectivity index (χ2v) is 5.35. The van der Waals surface area contributed by atoms with Crippen LogP contribution in [0.5, 0.6) is 5.75 Å². The van der Waals surface area contributed by atoms with Gasteiger partial charge in [0.15, 0.2) is 0 Å². The van der Waals surface area contributed by atoms with Crippen LogP contribution in [0.15, 0.2) is 30.6 Å². The molecule has 0 spiro atoms. The molecule has 0 atom stereocenters. The summed E-state index contributed by atoms with van der Waals surface area (Å²) in [5, 5.41) is 0. The maximum absolute atomic E-state index is 5.97. The summed E-state index contributed by atoms with van der Waals surface area (Å²) in [6, 6.07) is 5.98. The minimum atomic E-state index is 0.118. The van der Waals surface area contributed by atoms with E-state index in [2.05, 4.69) is 14.5 Å². The average molecular weight is 272 g/mol. The average Bonchev–Trinajstić information content (AvgIpc) is 2.88. The first kappa shape index (κ1) is 12.8. The van der Waals surface area contributed by atoms with Crippen LogP contribution in [0.3, 0.4) is 0 Å². The van der Waals surface area contributed by atoms with Crippen molar-refractivity contribution in [2.24, 2.45) is 0 Å². The fourth-order valence-electron chi connectivity index (χ4n) is 2.47. The van der Waals surface area contributed by atoms with E-state index in [1.54, 1.807) is 0 Å². The molecule has 1 aromatic heterocycles.